The minimum absolute atomic E-state index is 0.0130. The third kappa shape index (κ3) is 6.99. The Balaban J connectivity index is 2.95. The number of nitrogens with one attached hydrogen (secondary N) is 2. The second-order valence-corrected chi connectivity index (χ2v) is 6.89. The standard InChI is InChI=1S/C14H20N2O8S/c1-14(2)7-23-13(22)25-6-5-15-8(17)3-4-16-10(18)9(14)24-12(21)11(19)20/h9H,3-7H2,1-2H3,(H,15,17)(H,16,18)(H,19,20)/t9-/m0/s1. The smallest absolute Gasteiger partial charge is 0.418 e. The molecule has 1 aliphatic rings. The van der Waals surface area contributed by atoms with E-state index in [1.54, 1.807) is 0 Å². The number of ether oxygens (including phenoxy) is 2. The zero-order valence-corrected chi connectivity index (χ0v) is 14.6. The van der Waals surface area contributed by atoms with Gasteiger partial charge in [-0.15, -0.1) is 0 Å². The molecule has 25 heavy (non-hydrogen) atoms. The average Bonchev–Trinajstić information content (AvgIpc) is 2.53. The molecular weight excluding hydrogens is 356 g/mol. The molecule has 0 unspecified atom stereocenters. The zero-order chi connectivity index (χ0) is 19.0. The number of amides is 2. The maximum Gasteiger partial charge on any atom is 0.418 e. The van der Waals surface area contributed by atoms with Gasteiger partial charge in [-0.3, -0.25) is 9.59 Å². The summed E-state index contributed by atoms with van der Waals surface area (Å²) in [7, 11) is 0. The molecule has 10 nitrogen and oxygen atoms in total. The first-order valence-corrected chi connectivity index (χ1v) is 8.40. The van der Waals surface area contributed by atoms with Crippen molar-refractivity contribution in [1.82, 2.24) is 10.6 Å². The molecule has 0 spiro atoms. The van der Waals surface area contributed by atoms with Crippen molar-refractivity contribution >= 4 is 40.8 Å². The van der Waals surface area contributed by atoms with Crippen molar-refractivity contribution in [1.29, 1.82) is 0 Å². The van der Waals surface area contributed by atoms with E-state index in [2.05, 4.69) is 10.6 Å². The van der Waals surface area contributed by atoms with Gasteiger partial charge >= 0.3 is 17.2 Å². The van der Waals surface area contributed by atoms with Crippen LogP contribution in [-0.2, 0) is 28.7 Å². The lowest BCUT2D eigenvalue weighted by atomic mass is 9.86. The van der Waals surface area contributed by atoms with Crippen LogP contribution in [0.3, 0.4) is 0 Å². The molecule has 0 saturated carbocycles. The summed E-state index contributed by atoms with van der Waals surface area (Å²) in [6.07, 6.45) is -1.53. The van der Waals surface area contributed by atoms with Gasteiger partial charge < -0.3 is 25.2 Å². The Morgan fingerprint density at radius 1 is 1.24 bits per heavy atom. The van der Waals surface area contributed by atoms with E-state index in [9.17, 15) is 24.0 Å². The Bertz CT molecular complexity index is 563. The molecule has 140 valence electrons. The summed E-state index contributed by atoms with van der Waals surface area (Å²) in [6, 6.07) is 0. The van der Waals surface area contributed by atoms with Crippen molar-refractivity contribution in [2.45, 2.75) is 26.4 Å². The third-order valence-electron chi connectivity index (χ3n) is 3.20. The van der Waals surface area contributed by atoms with Gasteiger partial charge in [-0.25, -0.2) is 14.4 Å². The number of cyclic esters (lactones) is 1. The van der Waals surface area contributed by atoms with Crippen LogP contribution in [0.4, 0.5) is 4.79 Å². The van der Waals surface area contributed by atoms with Gasteiger partial charge in [0.05, 0.1) is 0 Å². The molecule has 3 N–H and O–H groups in total. The van der Waals surface area contributed by atoms with Crippen molar-refractivity contribution in [3.05, 3.63) is 0 Å². The SMILES string of the molecule is CC1(C)COC(=O)SCCNC(=O)CCNC(=O)[C@@H]1OC(=O)C(=O)O. The lowest BCUT2D eigenvalue weighted by Crippen LogP contribution is -2.50. The second-order valence-electron chi connectivity index (χ2n) is 5.86. The molecule has 0 aromatic carbocycles. The fraction of sp³-hybridized carbons (Fsp3) is 0.643. The third-order valence-corrected chi connectivity index (χ3v) is 3.97. The summed E-state index contributed by atoms with van der Waals surface area (Å²) in [4.78, 5) is 57.6. The first-order valence-electron chi connectivity index (χ1n) is 7.41. The van der Waals surface area contributed by atoms with E-state index in [-0.39, 0.29) is 32.0 Å². The van der Waals surface area contributed by atoms with Crippen LogP contribution >= 0.6 is 11.8 Å². The molecule has 1 aliphatic heterocycles. The van der Waals surface area contributed by atoms with E-state index in [4.69, 9.17) is 14.6 Å². The molecule has 1 fully saturated rings. The summed E-state index contributed by atoms with van der Waals surface area (Å²) >= 11 is 0.848. The largest absolute Gasteiger partial charge is 0.473 e. The minimum atomic E-state index is -1.85. The van der Waals surface area contributed by atoms with Gasteiger partial charge in [-0.2, -0.15) is 0 Å². The Morgan fingerprint density at radius 3 is 2.56 bits per heavy atom. The predicted octanol–water partition coefficient (Wildman–Crippen LogP) is -0.485. The summed E-state index contributed by atoms with van der Waals surface area (Å²) in [6.45, 7) is 2.96. The minimum Gasteiger partial charge on any atom is -0.473 e. The van der Waals surface area contributed by atoms with E-state index in [1.165, 1.54) is 13.8 Å². The van der Waals surface area contributed by atoms with Crippen LogP contribution in [0.5, 0.6) is 0 Å². The van der Waals surface area contributed by atoms with E-state index in [0.717, 1.165) is 11.8 Å². The molecule has 11 heteroatoms. The number of rotatable bonds is 1. The number of hydrogen-bond donors (Lipinski definition) is 3. The van der Waals surface area contributed by atoms with Gasteiger partial charge in [0, 0.05) is 30.7 Å². The number of carbonyl (C=O) groups is 5. The lowest BCUT2D eigenvalue weighted by molar-refractivity contribution is -0.175. The lowest BCUT2D eigenvalue weighted by Gasteiger charge is -2.31. The fourth-order valence-electron chi connectivity index (χ4n) is 1.89. The Hall–Kier alpha value is -2.30. The summed E-state index contributed by atoms with van der Waals surface area (Å²) < 4.78 is 9.80. The van der Waals surface area contributed by atoms with Crippen molar-refractivity contribution < 1.29 is 38.6 Å². The van der Waals surface area contributed by atoms with Crippen LogP contribution in [0.25, 0.3) is 0 Å². The number of carboxylic acids is 1. The zero-order valence-electron chi connectivity index (χ0n) is 13.8. The molecule has 1 saturated heterocycles. The highest BCUT2D eigenvalue weighted by molar-refractivity contribution is 8.13. The summed E-state index contributed by atoms with van der Waals surface area (Å²) in [5.74, 6) is -4.25. The van der Waals surface area contributed by atoms with E-state index < -0.39 is 34.7 Å². The highest BCUT2D eigenvalue weighted by Gasteiger charge is 2.41. The van der Waals surface area contributed by atoms with Crippen LogP contribution < -0.4 is 10.6 Å². The number of carbonyl (C=O) groups excluding carboxylic acids is 4. The van der Waals surface area contributed by atoms with Crippen LogP contribution in [0.1, 0.15) is 20.3 Å². The molecule has 0 aliphatic carbocycles. The van der Waals surface area contributed by atoms with Gasteiger partial charge in [-0.1, -0.05) is 13.8 Å². The average molecular weight is 376 g/mol. The van der Waals surface area contributed by atoms with Gasteiger partial charge in [0.15, 0.2) is 6.10 Å². The highest BCUT2D eigenvalue weighted by Crippen LogP contribution is 2.26. The van der Waals surface area contributed by atoms with Gasteiger partial charge in [0.1, 0.15) is 6.61 Å². The molecule has 1 rings (SSSR count). The maximum atomic E-state index is 12.3. The maximum absolute atomic E-state index is 12.3. The Morgan fingerprint density at radius 2 is 1.92 bits per heavy atom. The molecule has 2 amide bonds. The molecule has 0 radical (unpaired) electrons. The normalized spacial score (nSPS) is 22.6. The fourth-order valence-corrected chi connectivity index (χ4v) is 2.41. The first kappa shape index (κ1) is 20.7. The summed E-state index contributed by atoms with van der Waals surface area (Å²) in [5.41, 5.74) is -1.18. The second kappa shape index (κ2) is 9.25. The number of esters is 1. The van der Waals surface area contributed by atoms with E-state index in [0.29, 0.717) is 5.75 Å². The van der Waals surface area contributed by atoms with Gasteiger partial charge in [-0.05, 0) is 11.8 Å². The van der Waals surface area contributed by atoms with Crippen LogP contribution in [0.15, 0.2) is 0 Å². The van der Waals surface area contributed by atoms with Gasteiger partial charge in [0.2, 0.25) is 5.91 Å². The van der Waals surface area contributed by atoms with Crippen LogP contribution in [-0.4, -0.2) is 65.7 Å². The van der Waals surface area contributed by atoms with Crippen LogP contribution in [0, 0.1) is 5.41 Å². The number of carboxylic acid groups (broad SMARTS) is 1. The number of hydrogen-bond acceptors (Lipinski definition) is 8. The number of thioether (sulfide) groups is 1. The quantitative estimate of drug-likeness (QED) is 0.407. The van der Waals surface area contributed by atoms with E-state index in [1.807, 2.05) is 0 Å². The monoisotopic (exact) mass is 376 g/mol. The van der Waals surface area contributed by atoms with Crippen molar-refractivity contribution in [2.24, 2.45) is 5.41 Å². The molecule has 0 bridgehead atoms. The van der Waals surface area contributed by atoms with Crippen molar-refractivity contribution in [3.63, 3.8) is 0 Å². The molecule has 1 atom stereocenters. The van der Waals surface area contributed by atoms with Crippen LogP contribution in [0.2, 0.25) is 0 Å². The molecule has 0 aromatic rings. The molecule has 0 aromatic heterocycles. The highest BCUT2D eigenvalue weighted by atomic mass is 32.2. The Labute approximate surface area is 148 Å². The molecule has 1 heterocycles. The predicted molar refractivity (Wildman–Crippen MR) is 85.7 cm³/mol. The number of aliphatic carboxylic acids is 1. The molecular formula is C14H20N2O8S. The van der Waals surface area contributed by atoms with E-state index >= 15 is 0 Å². The first-order chi connectivity index (χ1) is 11.6. The topological polar surface area (TPSA) is 148 Å². The van der Waals surface area contributed by atoms with Gasteiger partial charge in [0.25, 0.3) is 5.91 Å². The Kier molecular flexibility index (Phi) is 7.68. The van der Waals surface area contributed by atoms with Crippen molar-refractivity contribution in [3.8, 4) is 0 Å². The summed E-state index contributed by atoms with van der Waals surface area (Å²) in [5, 5.41) is 13.0. The van der Waals surface area contributed by atoms with Crippen molar-refractivity contribution in [2.75, 3.05) is 25.4 Å².